The van der Waals surface area contributed by atoms with Crippen LogP contribution in [-0.2, 0) is 19.0 Å². The maximum Gasteiger partial charge on any atom is 0.365 e. The maximum atomic E-state index is 12.0. The van der Waals surface area contributed by atoms with Crippen molar-refractivity contribution in [3.8, 4) is 0 Å². The van der Waals surface area contributed by atoms with Crippen molar-refractivity contribution >= 4 is 5.97 Å². The molecule has 1 aliphatic rings. The first kappa shape index (κ1) is 23.6. The number of halogens is 1. The van der Waals surface area contributed by atoms with Gasteiger partial charge in [0.1, 0.15) is 12.2 Å². The monoisotopic (exact) mass is 365 g/mol. The smallest absolute Gasteiger partial charge is 0.365 e. The van der Waals surface area contributed by atoms with Gasteiger partial charge in [-0.15, -0.1) is 0 Å². The van der Waals surface area contributed by atoms with Gasteiger partial charge in [-0.25, -0.2) is 4.79 Å². The van der Waals surface area contributed by atoms with E-state index >= 15 is 0 Å². The van der Waals surface area contributed by atoms with E-state index in [1.807, 2.05) is 6.92 Å². The number of carbonyl (C=O) groups excluding carboxylic acids is 1. The third-order valence-electron chi connectivity index (χ3n) is 4.21. The summed E-state index contributed by atoms with van der Waals surface area (Å²) in [6.45, 7) is 9.76. The standard InChI is InChI=1S/C18H35NO4.ClH/c1-5-6-7-11-21-17-14(4)23-18(20)15(19)9-8-10-16(17)22-12-13(2)3;/h13-17H,5-12,19H2,1-4H3;1H/t14-,15-,16-,17-;/m0./s1. The summed E-state index contributed by atoms with van der Waals surface area (Å²) in [5, 5.41) is 0. The minimum absolute atomic E-state index is 0. The van der Waals surface area contributed by atoms with Crippen LogP contribution in [0, 0.1) is 5.92 Å². The zero-order chi connectivity index (χ0) is 17.2. The fraction of sp³-hybridized carbons (Fsp3) is 0.944. The van der Waals surface area contributed by atoms with Gasteiger partial charge in [0.2, 0.25) is 0 Å². The van der Waals surface area contributed by atoms with Crippen LogP contribution in [0.3, 0.4) is 0 Å². The average molecular weight is 366 g/mol. The van der Waals surface area contributed by atoms with Crippen LogP contribution in [0.25, 0.3) is 0 Å². The van der Waals surface area contributed by atoms with Crippen LogP contribution in [0.15, 0.2) is 0 Å². The summed E-state index contributed by atoms with van der Waals surface area (Å²) in [7, 11) is 0. The highest BCUT2D eigenvalue weighted by Crippen LogP contribution is 2.22. The molecule has 0 aromatic carbocycles. The van der Waals surface area contributed by atoms with E-state index in [1.54, 1.807) is 0 Å². The number of cyclic esters (lactones) is 1. The van der Waals surface area contributed by atoms with Crippen molar-refractivity contribution in [3.05, 3.63) is 0 Å². The number of ether oxygens (including phenoxy) is 3. The number of carbonyl (C=O) groups is 1. The quantitative estimate of drug-likeness (QED) is 0.457. The Hall–Kier alpha value is -0.360. The molecule has 24 heavy (non-hydrogen) atoms. The fourth-order valence-electron chi connectivity index (χ4n) is 2.80. The number of unbranched alkanes of at least 4 members (excludes halogenated alkanes) is 2. The number of rotatable bonds is 8. The number of esters is 1. The molecule has 0 bridgehead atoms. The normalized spacial score (nSPS) is 28.5. The van der Waals surface area contributed by atoms with Gasteiger partial charge < -0.3 is 32.4 Å². The molecule has 0 aliphatic carbocycles. The molecule has 6 heteroatoms. The van der Waals surface area contributed by atoms with Crippen molar-refractivity contribution in [3.63, 3.8) is 0 Å². The van der Waals surface area contributed by atoms with Gasteiger partial charge in [0.05, 0.1) is 6.10 Å². The van der Waals surface area contributed by atoms with E-state index in [4.69, 9.17) is 14.2 Å². The SMILES string of the molecule is CCCCCO[C@H]1[C@H](C)OC(=O)[C@@H]([NH3+])CCC[C@@H]1OCC(C)C.[Cl-]. The molecule has 0 amide bonds. The first-order chi connectivity index (χ1) is 11.0. The molecule has 1 rings (SSSR count). The highest BCUT2D eigenvalue weighted by atomic mass is 35.5. The molecule has 0 spiro atoms. The molecule has 1 heterocycles. The molecule has 3 N–H and O–H groups in total. The lowest BCUT2D eigenvalue weighted by Gasteiger charge is -2.31. The lowest BCUT2D eigenvalue weighted by atomic mass is 10.0. The summed E-state index contributed by atoms with van der Waals surface area (Å²) < 4.78 is 17.8. The summed E-state index contributed by atoms with van der Waals surface area (Å²) >= 11 is 0. The summed E-state index contributed by atoms with van der Waals surface area (Å²) in [6.07, 6.45) is 5.37. The van der Waals surface area contributed by atoms with Gasteiger partial charge in [-0.2, -0.15) is 0 Å². The van der Waals surface area contributed by atoms with E-state index in [9.17, 15) is 4.79 Å². The third-order valence-corrected chi connectivity index (χ3v) is 4.21. The Morgan fingerprint density at radius 3 is 2.58 bits per heavy atom. The van der Waals surface area contributed by atoms with Crippen LogP contribution < -0.4 is 18.1 Å². The predicted octanol–water partition coefficient (Wildman–Crippen LogP) is -0.667. The van der Waals surface area contributed by atoms with Crippen molar-refractivity contribution < 1.29 is 37.1 Å². The van der Waals surface area contributed by atoms with Gasteiger partial charge in [-0.1, -0.05) is 33.6 Å². The van der Waals surface area contributed by atoms with Crippen LogP contribution in [-0.4, -0.2) is 43.5 Å². The van der Waals surface area contributed by atoms with Gasteiger partial charge in [-0.05, 0) is 32.1 Å². The molecule has 1 saturated heterocycles. The lowest BCUT2D eigenvalue weighted by molar-refractivity contribution is -0.410. The average Bonchev–Trinajstić information content (AvgIpc) is 2.54. The molecule has 144 valence electrons. The Bertz CT molecular complexity index is 341. The zero-order valence-corrected chi connectivity index (χ0v) is 16.5. The third kappa shape index (κ3) is 8.65. The predicted molar refractivity (Wildman–Crippen MR) is 89.9 cm³/mol. The minimum atomic E-state index is -0.302. The Morgan fingerprint density at radius 2 is 1.96 bits per heavy atom. The summed E-state index contributed by atoms with van der Waals surface area (Å²) in [5.41, 5.74) is 3.91. The molecular formula is C18H36ClNO4. The van der Waals surface area contributed by atoms with Gasteiger partial charge in [-0.3, -0.25) is 0 Å². The minimum Gasteiger partial charge on any atom is -1.00 e. The van der Waals surface area contributed by atoms with E-state index in [-0.39, 0.29) is 42.7 Å². The van der Waals surface area contributed by atoms with Gasteiger partial charge >= 0.3 is 5.97 Å². The number of hydrogen-bond acceptors (Lipinski definition) is 4. The molecule has 0 aromatic rings. The van der Waals surface area contributed by atoms with Crippen LogP contribution in [0.2, 0.25) is 0 Å². The van der Waals surface area contributed by atoms with E-state index in [1.165, 1.54) is 0 Å². The second-order valence-electron chi connectivity index (χ2n) is 7.08. The van der Waals surface area contributed by atoms with Crippen LogP contribution in [0.1, 0.15) is 66.2 Å². The molecule has 0 aromatic heterocycles. The fourth-order valence-corrected chi connectivity index (χ4v) is 2.80. The summed E-state index contributed by atoms with van der Waals surface area (Å²) in [6, 6.07) is -0.290. The van der Waals surface area contributed by atoms with Gasteiger partial charge in [0, 0.05) is 19.6 Å². The molecule has 0 unspecified atom stereocenters. The molecule has 0 radical (unpaired) electrons. The Morgan fingerprint density at radius 1 is 1.25 bits per heavy atom. The lowest BCUT2D eigenvalue weighted by Crippen LogP contribution is -3.00. The Kier molecular flexibility index (Phi) is 12.7. The molecule has 5 nitrogen and oxygen atoms in total. The molecule has 1 aliphatic heterocycles. The van der Waals surface area contributed by atoms with Crippen molar-refractivity contribution in [1.29, 1.82) is 0 Å². The van der Waals surface area contributed by atoms with E-state index in [2.05, 4.69) is 26.5 Å². The van der Waals surface area contributed by atoms with E-state index < -0.39 is 0 Å². The molecule has 0 saturated carbocycles. The van der Waals surface area contributed by atoms with Crippen LogP contribution in [0.5, 0.6) is 0 Å². The van der Waals surface area contributed by atoms with Gasteiger partial charge in [0.25, 0.3) is 0 Å². The zero-order valence-electron chi connectivity index (χ0n) is 15.8. The van der Waals surface area contributed by atoms with Gasteiger partial charge in [0.15, 0.2) is 6.04 Å². The second-order valence-corrected chi connectivity index (χ2v) is 7.08. The Labute approximate surface area is 153 Å². The topological polar surface area (TPSA) is 72.4 Å². The van der Waals surface area contributed by atoms with Crippen molar-refractivity contribution in [2.45, 2.75) is 90.6 Å². The first-order valence-corrected chi connectivity index (χ1v) is 9.22. The van der Waals surface area contributed by atoms with Crippen molar-refractivity contribution in [2.75, 3.05) is 13.2 Å². The molecular weight excluding hydrogens is 330 g/mol. The van der Waals surface area contributed by atoms with E-state index in [0.29, 0.717) is 19.1 Å². The van der Waals surface area contributed by atoms with E-state index in [0.717, 1.165) is 38.5 Å². The molecule has 4 atom stereocenters. The van der Waals surface area contributed by atoms with Crippen molar-refractivity contribution in [2.24, 2.45) is 5.92 Å². The number of quaternary nitrogens is 1. The largest absolute Gasteiger partial charge is 1.00 e. The van der Waals surface area contributed by atoms with Crippen LogP contribution >= 0.6 is 0 Å². The maximum absolute atomic E-state index is 12.0. The summed E-state index contributed by atoms with van der Waals surface area (Å²) in [4.78, 5) is 12.0. The molecule has 1 fully saturated rings. The number of hydrogen-bond donors (Lipinski definition) is 1. The highest BCUT2D eigenvalue weighted by molar-refractivity contribution is 5.74. The van der Waals surface area contributed by atoms with Crippen LogP contribution in [0.4, 0.5) is 0 Å². The van der Waals surface area contributed by atoms with Crippen molar-refractivity contribution in [1.82, 2.24) is 0 Å². The first-order valence-electron chi connectivity index (χ1n) is 9.22. The highest BCUT2D eigenvalue weighted by Gasteiger charge is 2.35. The summed E-state index contributed by atoms with van der Waals surface area (Å²) in [5.74, 6) is 0.256. The Balaban J connectivity index is 0.00000529. The second kappa shape index (κ2) is 12.9.